The molecule has 0 aliphatic carbocycles. The summed E-state index contributed by atoms with van der Waals surface area (Å²) in [6.07, 6.45) is 2.58. The predicted molar refractivity (Wildman–Crippen MR) is 56.7 cm³/mol. The van der Waals surface area contributed by atoms with Gasteiger partial charge in [-0.25, -0.2) is 8.12 Å². The summed E-state index contributed by atoms with van der Waals surface area (Å²) in [4.78, 5) is 10.3. The van der Waals surface area contributed by atoms with Gasteiger partial charge in [-0.1, -0.05) is 13.3 Å². The van der Waals surface area contributed by atoms with Crippen LogP contribution in [0.2, 0.25) is 0 Å². The van der Waals surface area contributed by atoms with Gasteiger partial charge in [-0.2, -0.15) is 5.10 Å². The van der Waals surface area contributed by atoms with Crippen LogP contribution in [0.3, 0.4) is 0 Å². The van der Waals surface area contributed by atoms with E-state index >= 15 is 0 Å². The Labute approximate surface area is 90.2 Å². The maximum Gasteiger partial charge on any atom is 0.392 e. The molecule has 0 N–H and O–H groups in total. The van der Waals surface area contributed by atoms with E-state index in [2.05, 4.69) is 5.10 Å². The van der Waals surface area contributed by atoms with Crippen molar-refractivity contribution in [2.75, 3.05) is 6.54 Å². The summed E-state index contributed by atoms with van der Waals surface area (Å²) >= 11 is 1.88. The van der Waals surface area contributed by atoms with Crippen LogP contribution < -0.4 is 0 Å². The molecule has 7 heteroatoms. The van der Waals surface area contributed by atoms with Crippen LogP contribution in [0.4, 0.5) is 0 Å². The lowest BCUT2D eigenvalue weighted by atomic mass is 10.3. The third-order valence-electron chi connectivity index (χ3n) is 1.73. The molecule has 0 saturated carbocycles. The molecule has 0 spiro atoms. The molecule has 0 fully saturated rings. The lowest BCUT2D eigenvalue weighted by molar-refractivity contribution is -0.562. The molecule has 1 aliphatic heterocycles. The fraction of sp³-hybridized carbons (Fsp3) is 0.833. The number of nitrogens with zero attached hydrogens (tertiary/aromatic N) is 4. The average Bonchev–Trinajstić information content (AvgIpc) is 2.43. The largest absolute Gasteiger partial charge is 0.392 e. The van der Waals surface area contributed by atoms with Crippen molar-refractivity contribution in [1.29, 1.82) is 0 Å². The van der Waals surface area contributed by atoms with Gasteiger partial charge < -0.3 is 0 Å². The quantitative estimate of drug-likeness (QED) is 0.339. The number of hydrazone groups is 1. The van der Waals surface area contributed by atoms with Crippen LogP contribution in [-0.2, 0) is 0 Å². The molecule has 1 unspecified atom stereocenters. The van der Waals surface area contributed by atoms with Gasteiger partial charge in [0.1, 0.15) is 6.34 Å². The van der Waals surface area contributed by atoms with Crippen molar-refractivity contribution in [2.45, 2.75) is 26.1 Å². The molecule has 0 aromatic rings. The van der Waals surface area contributed by atoms with Crippen LogP contribution in [0.25, 0.3) is 0 Å². The minimum Gasteiger partial charge on any atom is -0.261 e. The highest BCUT2D eigenvalue weighted by Gasteiger charge is 2.36. The van der Waals surface area contributed by atoms with Crippen molar-refractivity contribution in [1.82, 2.24) is 8.12 Å². The first-order valence-electron chi connectivity index (χ1n) is 4.05. The molecule has 13 heavy (non-hydrogen) atoms. The Balaban J connectivity index is 2.53. The topological polar surface area (TPSA) is 62.0 Å². The third-order valence-corrected chi connectivity index (χ3v) is 2.47. The molecule has 1 heterocycles. The highest BCUT2D eigenvalue weighted by atomic mass is 127. The summed E-state index contributed by atoms with van der Waals surface area (Å²) < 4.78 is 1.47. The fourth-order valence-corrected chi connectivity index (χ4v) is 1.66. The Hall–Kier alpha value is -0.600. The second kappa shape index (κ2) is 4.58. The van der Waals surface area contributed by atoms with Crippen LogP contribution in [0, 0.1) is 10.1 Å². The molecule has 0 radical (unpaired) electrons. The minimum atomic E-state index is -0.827. The maximum atomic E-state index is 10.6. The third kappa shape index (κ3) is 2.42. The zero-order valence-electron chi connectivity index (χ0n) is 7.26. The van der Waals surface area contributed by atoms with Crippen molar-refractivity contribution >= 4 is 29.2 Å². The first kappa shape index (κ1) is 10.5. The van der Waals surface area contributed by atoms with Gasteiger partial charge in [0.2, 0.25) is 0 Å². The standard InChI is InChI=1S/C6H11IN4O2/c1-2-3-4-10-6(11(12)13)9(7)5-8-10/h5-6H,2-4H2,1H3. The van der Waals surface area contributed by atoms with Gasteiger partial charge in [0.05, 0.1) is 27.8 Å². The van der Waals surface area contributed by atoms with Crippen molar-refractivity contribution in [3.8, 4) is 0 Å². The monoisotopic (exact) mass is 298 g/mol. The maximum absolute atomic E-state index is 10.6. The Morgan fingerprint density at radius 1 is 1.77 bits per heavy atom. The summed E-state index contributed by atoms with van der Waals surface area (Å²) in [5, 5.41) is 16.1. The number of nitro groups is 1. The van der Waals surface area contributed by atoms with Gasteiger partial charge in [-0.05, 0) is 6.42 Å². The average molecular weight is 298 g/mol. The van der Waals surface area contributed by atoms with E-state index in [1.54, 1.807) is 0 Å². The van der Waals surface area contributed by atoms with Crippen LogP contribution in [0.5, 0.6) is 0 Å². The normalized spacial score (nSPS) is 21.2. The molecule has 0 saturated heterocycles. The summed E-state index contributed by atoms with van der Waals surface area (Å²) in [5.41, 5.74) is 0. The molecule has 74 valence electrons. The van der Waals surface area contributed by atoms with Crippen LogP contribution in [-0.4, -0.2) is 32.2 Å². The lowest BCUT2D eigenvalue weighted by Gasteiger charge is -2.18. The molecule has 0 aromatic carbocycles. The number of unbranched alkanes of at least 4 members (excludes halogenated alkanes) is 1. The van der Waals surface area contributed by atoms with Gasteiger partial charge in [0.25, 0.3) is 0 Å². The van der Waals surface area contributed by atoms with Crippen molar-refractivity contribution in [3.05, 3.63) is 10.1 Å². The van der Waals surface area contributed by atoms with Crippen molar-refractivity contribution in [3.63, 3.8) is 0 Å². The summed E-state index contributed by atoms with van der Waals surface area (Å²) in [7, 11) is 0. The van der Waals surface area contributed by atoms with E-state index in [9.17, 15) is 10.1 Å². The molecular weight excluding hydrogens is 287 g/mol. The molecule has 0 bridgehead atoms. The van der Waals surface area contributed by atoms with Gasteiger partial charge in [0, 0.05) is 6.54 Å². The highest BCUT2D eigenvalue weighted by molar-refractivity contribution is 14.1. The van der Waals surface area contributed by atoms with Crippen molar-refractivity contribution < 1.29 is 4.92 Å². The van der Waals surface area contributed by atoms with E-state index in [-0.39, 0.29) is 4.92 Å². The van der Waals surface area contributed by atoms with Gasteiger partial charge in [0.15, 0.2) is 0 Å². The molecule has 0 amide bonds. The zero-order chi connectivity index (χ0) is 9.84. The molecule has 1 atom stereocenters. The highest BCUT2D eigenvalue weighted by Crippen LogP contribution is 2.17. The lowest BCUT2D eigenvalue weighted by Crippen LogP contribution is -2.41. The molecule has 0 aromatic heterocycles. The van der Waals surface area contributed by atoms with Crippen LogP contribution >= 0.6 is 22.9 Å². The summed E-state index contributed by atoms with van der Waals surface area (Å²) in [5.74, 6) is 0. The number of hydrogen-bond donors (Lipinski definition) is 0. The predicted octanol–water partition coefficient (Wildman–Crippen LogP) is 1.26. The SMILES string of the molecule is CCCCN1N=CN(I)C1[N+](=O)[O-]. The van der Waals surface area contributed by atoms with Gasteiger partial charge in [-0.15, -0.1) is 0 Å². The van der Waals surface area contributed by atoms with Crippen LogP contribution in [0.15, 0.2) is 5.10 Å². The van der Waals surface area contributed by atoms with E-state index in [0.717, 1.165) is 12.8 Å². The van der Waals surface area contributed by atoms with E-state index in [4.69, 9.17) is 0 Å². The Morgan fingerprint density at radius 3 is 3.00 bits per heavy atom. The molecule has 1 aliphatic rings. The molecule has 6 nitrogen and oxygen atoms in total. The first-order valence-corrected chi connectivity index (χ1v) is 5.01. The number of halogens is 1. The van der Waals surface area contributed by atoms with Crippen molar-refractivity contribution in [2.24, 2.45) is 5.10 Å². The second-order valence-electron chi connectivity index (χ2n) is 2.72. The Bertz CT molecular complexity index is 223. The Kier molecular flexibility index (Phi) is 3.70. The zero-order valence-corrected chi connectivity index (χ0v) is 9.42. The van der Waals surface area contributed by atoms with E-state index in [0.29, 0.717) is 6.54 Å². The second-order valence-corrected chi connectivity index (χ2v) is 3.84. The van der Waals surface area contributed by atoms with E-state index in [1.165, 1.54) is 14.5 Å². The molecule has 1 rings (SSSR count). The summed E-state index contributed by atoms with van der Waals surface area (Å²) in [6, 6.07) is 0. The number of hydrogen-bond acceptors (Lipinski definition) is 5. The van der Waals surface area contributed by atoms with Gasteiger partial charge >= 0.3 is 6.29 Å². The smallest absolute Gasteiger partial charge is 0.261 e. The number of rotatable bonds is 4. The van der Waals surface area contributed by atoms with Gasteiger partial charge in [-0.3, -0.25) is 10.1 Å². The summed E-state index contributed by atoms with van der Waals surface area (Å²) in [6.45, 7) is 2.68. The minimum absolute atomic E-state index is 0.338. The van der Waals surface area contributed by atoms with Crippen LogP contribution in [0.1, 0.15) is 19.8 Å². The molecular formula is C6H11IN4O2. The van der Waals surface area contributed by atoms with E-state index < -0.39 is 6.29 Å². The first-order chi connectivity index (χ1) is 6.16. The fourth-order valence-electron chi connectivity index (χ4n) is 1.05. The van der Waals surface area contributed by atoms with E-state index in [1.807, 2.05) is 29.8 Å². The Morgan fingerprint density at radius 2 is 2.46 bits per heavy atom.